The Bertz CT molecular complexity index is 1260. The van der Waals surface area contributed by atoms with Crippen LogP contribution in [-0.2, 0) is 7.05 Å². The van der Waals surface area contributed by atoms with Crippen molar-refractivity contribution in [3.05, 3.63) is 94.3 Å². The minimum atomic E-state index is -1.33. The zero-order valence-corrected chi connectivity index (χ0v) is 19.7. The molecule has 0 aliphatic carbocycles. The van der Waals surface area contributed by atoms with Crippen molar-refractivity contribution in [2.45, 2.75) is 41.5 Å². The lowest BCUT2D eigenvalue weighted by Gasteiger charge is -2.41. The van der Waals surface area contributed by atoms with Gasteiger partial charge in [0, 0.05) is 18.8 Å². The molecule has 31 heavy (non-hydrogen) atoms. The van der Waals surface area contributed by atoms with Crippen molar-refractivity contribution in [1.29, 1.82) is 0 Å². The predicted octanol–water partition coefficient (Wildman–Crippen LogP) is 3.64. The first-order valence-electron chi connectivity index (χ1n) is 11.3. The Morgan fingerprint density at radius 2 is 1.16 bits per heavy atom. The molecule has 0 N–H and O–H groups in total. The van der Waals surface area contributed by atoms with Gasteiger partial charge in [-0.2, -0.15) is 10.9 Å². The third-order valence-corrected chi connectivity index (χ3v) is 7.44. The maximum Gasteiger partial charge on any atom is 0.207 e. The van der Waals surface area contributed by atoms with E-state index in [2.05, 4.69) is 119 Å². The van der Waals surface area contributed by atoms with Gasteiger partial charge < -0.3 is 0 Å². The number of para-hydroxylation sites is 1. The molecule has 0 fully saturated rings. The van der Waals surface area contributed by atoms with E-state index in [1.807, 2.05) is 0 Å². The summed E-state index contributed by atoms with van der Waals surface area (Å²) in [5.74, 6) is 0. The first kappa shape index (κ1) is 19.9. The average Bonchev–Trinajstić information content (AvgIpc) is 3.19. The lowest BCUT2D eigenvalue weighted by atomic mass is 9.14. The van der Waals surface area contributed by atoms with Gasteiger partial charge in [0.15, 0.2) is 0 Å². The molecule has 0 unspecified atom stereocenters. The fraction of sp³-hybridized carbons (Fsp3) is 0.250. The summed E-state index contributed by atoms with van der Waals surface area (Å²) in [6.45, 7) is 13.6. The van der Waals surface area contributed by atoms with Crippen molar-refractivity contribution >= 4 is 28.3 Å². The highest BCUT2D eigenvalue weighted by Crippen LogP contribution is 2.26. The van der Waals surface area contributed by atoms with E-state index in [1.54, 1.807) is 0 Å². The number of fused-ring (bicyclic) bond motifs is 3. The van der Waals surface area contributed by atoms with Gasteiger partial charge in [-0.05, 0) is 41.5 Å². The second-order valence-corrected chi connectivity index (χ2v) is 9.69. The maximum atomic E-state index is 2.42. The molecule has 2 nitrogen and oxygen atoms in total. The Labute approximate surface area is 186 Å². The monoisotopic (exact) mass is 406 g/mol. The Morgan fingerprint density at radius 3 is 1.68 bits per heavy atom. The van der Waals surface area contributed by atoms with Crippen LogP contribution in [0, 0.1) is 41.5 Å². The van der Waals surface area contributed by atoms with E-state index in [-0.39, 0.29) is 0 Å². The van der Waals surface area contributed by atoms with E-state index in [0.29, 0.717) is 0 Å². The first-order chi connectivity index (χ1) is 14.8. The normalized spacial score (nSPS) is 13.9. The predicted molar refractivity (Wildman–Crippen MR) is 135 cm³/mol. The molecule has 0 atom stereocenters. The summed E-state index contributed by atoms with van der Waals surface area (Å²) in [6, 6.07) is 18.5. The molecule has 1 aliphatic heterocycles. The van der Waals surface area contributed by atoms with Crippen LogP contribution in [0.25, 0.3) is 5.69 Å². The van der Waals surface area contributed by atoms with Crippen molar-refractivity contribution in [1.82, 2.24) is 9.13 Å². The molecule has 0 saturated carbocycles. The summed E-state index contributed by atoms with van der Waals surface area (Å²) in [7, 11) is 2.20. The minimum absolute atomic E-state index is 1.30. The highest BCUT2D eigenvalue weighted by Gasteiger charge is 2.49. The van der Waals surface area contributed by atoms with Gasteiger partial charge in [-0.3, -0.25) is 4.57 Å². The van der Waals surface area contributed by atoms with Gasteiger partial charge in [0.1, 0.15) is 12.4 Å². The van der Waals surface area contributed by atoms with Crippen LogP contribution in [0.5, 0.6) is 0 Å². The molecular weight excluding hydrogens is 375 g/mol. The number of aryl methyl sites for hydroxylation is 7. The third kappa shape index (κ3) is 2.56. The van der Waals surface area contributed by atoms with Crippen LogP contribution >= 0.6 is 0 Å². The smallest absolute Gasteiger partial charge is 0.207 e. The zero-order chi connectivity index (χ0) is 22.1. The molecule has 2 heterocycles. The number of imidazole rings is 1. The van der Waals surface area contributed by atoms with Crippen LogP contribution in [0.1, 0.15) is 33.4 Å². The second-order valence-electron chi connectivity index (χ2n) is 9.69. The van der Waals surface area contributed by atoms with Crippen LogP contribution in [0.3, 0.4) is 0 Å². The van der Waals surface area contributed by atoms with Crippen LogP contribution in [0.2, 0.25) is 0 Å². The lowest BCUT2D eigenvalue weighted by molar-refractivity contribution is 0.934. The van der Waals surface area contributed by atoms with Crippen molar-refractivity contribution in [3.8, 4) is 5.69 Å². The van der Waals surface area contributed by atoms with Gasteiger partial charge >= 0.3 is 0 Å². The Kier molecular flexibility index (Phi) is 4.31. The fourth-order valence-electron chi connectivity index (χ4n) is 6.88. The Morgan fingerprint density at radius 1 is 0.677 bits per heavy atom. The van der Waals surface area contributed by atoms with Crippen LogP contribution in [0.15, 0.2) is 60.9 Å². The summed E-state index contributed by atoms with van der Waals surface area (Å²) in [5, 5.41) is 0. The molecule has 0 bridgehead atoms. The van der Waals surface area contributed by atoms with Gasteiger partial charge in [0.05, 0.1) is 5.69 Å². The largest absolute Gasteiger partial charge is 0.292 e. The first-order valence-corrected chi connectivity index (χ1v) is 11.3. The molecule has 3 aromatic carbocycles. The summed E-state index contributed by atoms with van der Waals surface area (Å²) in [6.07, 6.45) is 3.11. The van der Waals surface area contributed by atoms with Crippen LogP contribution in [-0.4, -0.2) is 15.3 Å². The maximum absolute atomic E-state index is 2.42. The average molecular weight is 406 g/mol. The molecule has 1 aromatic heterocycles. The quantitative estimate of drug-likeness (QED) is 0.313. The van der Waals surface area contributed by atoms with E-state index in [9.17, 15) is 0 Å². The molecule has 4 aromatic rings. The zero-order valence-electron chi connectivity index (χ0n) is 19.7. The van der Waals surface area contributed by atoms with E-state index in [0.717, 1.165) is 0 Å². The van der Waals surface area contributed by atoms with E-state index < -0.39 is 6.15 Å². The minimum Gasteiger partial charge on any atom is -0.292 e. The van der Waals surface area contributed by atoms with Gasteiger partial charge in [0.2, 0.25) is 6.15 Å². The molecule has 0 saturated heterocycles. The number of benzene rings is 3. The van der Waals surface area contributed by atoms with Gasteiger partial charge in [-0.1, -0.05) is 75.8 Å². The molecule has 0 amide bonds. The van der Waals surface area contributed by atoms with E-state index >= 15 is 0 Å². The van der Waals surface area contributed by atoms with Crippen molar-refractivity contribution in [3.63, 3.8) is 0 Å². The second kappa shape index (κ2) is 6.72. The lowest BCUT2D eigenvalue weighted by Crippen LogP contribution is -2.76. The molecule has 156 valence electrons. The molecule has 0 spiro atoms. The summed E-state index contributed by atoms with van der Waals surface area (Å²) < 4.78 is 4.77. The Balaban J connectivity index is 2.08. The van der Waals surface area contributed by atoms with Crippen molar-refractivity contribution in [2.24, 2.45) is 7.05 Å². The molecule has 1 aliphatic rings. The molecule has 0 radical (unpaired) electrons. The van der Waals surface area contributed by atoms with E-state index in [4.69, 9.17) is 0 Å². The highest BCUT2D eigenvalue weighted by atomic mass is 15.1. The van der Waals surface area contributed by atoms with Crippen LogP contribution < -0.4 is 22.1 Å². The molecule has 5 rings (SSSR count). The number of nitrogens with zero attached hydrogens (tertiary/aromatic N) is 2. The molecule has 3 heteroatoms. The summed E-state index contributed by atoms with van der Waals surface area (Å²) in [5.41, 5.74) is 15.2. The van der Waals surface area contributed by atoms with E-state index in [1.165, 1.54) is 61.2 Å². The van der Waals surface area contributed by atoms with Crippen LogP contribution in [0.4, 0.5) is 0 Å². The SMILES string of the molecule is Cc1cc(C)c([B-]2(c3c(C)cc(C)cc3C)c3ccccc3-n3ccn(C)[c+]32)c(C)c1. The molecular formula is C28H31BN2. The topological polar surface area (TPSA) is 9.86 Å². The standard InChI is InChI=1S/C28H31BN2/c1-18-14-20(3)26(21(4)15-18)29(27-22(5)16-19(2)17-23(27)6)24-10-8-9-11-25(24)31-13-12-30(7)28(29)31/h8-17H,1-7H3. The van der Waals surface area contributed by atoms with Gasteiger partial charge in [-0.15, -0.1) is 5.46 Å². The fourth-order valence-corrected chi connectivity index (χ4v) is 6.88. The van der Waals surface area contributed by atoms with Crippen molar-refractivity contribution < 1.29 is 0 Å². The number of hydrogen-bond donors (Lipinski definition) is 0. The van der Waals surface area contributed by atoms with Crippen molar-refractivity contribution in [2.75, 3.05) is 0 Å². The highest BCUT2D eigenvalue weighted by molar-refractivity contribution is 7.21. The van der Waals surface area contributed by atoms with Gasteiger partial charge in [0.25, 0.3) is 0 Å². The Hall–Kier alpha value is -3.07. The summed E-state index contributed by atoms with van der Waals surface area (Å²) in [4.78, 5) is 0. The third-order valence-electron chi connectivity index (χ3n) is 7.44. The summed E-state index contributed by atoms with van der Waals surface area (Å²) >= 11 is 0. The number of aromatic nitrogens is 2. The van der Waals surface area contributed by atoms with Gasteiger partial charge in [-0.25, -0.2) is 4.57 Å². The number of hydrogen-bond acceptors (Lipinski definition) is 0. The number of rotatable bonds is 2.